The van der Waals surface area contributed by atoms with Crippen LogP contribution in [0.3, 0.4) is 0 Å². The molecule has 1 aliphatic carbocycles. The van der Waals surface area contributed by atoms with Crippen LogP contribution < -0.4 is 21.1 Å². The summed E-state index contributed by atoms with van der Waals surface area (Å²) in [4.78, 5) is 36.6. The van der Waals surface area contributed by atoms with Crippen molar-refractivity contribution in [1.82, 2.24) is 24.4 Å². The number of carboxylic acid groups (broad SMARTS) is 1. The third kappa shape index (κ3) is 4.96. The Kier molecular flexibility index (Phi) is 6.61. The maximum Gasteiger partial charge on any atom is 0.404 e. The summed E-state index contributed by atoms with van der Waals surface area (Å²) in [5.74, 6) is 1.20. The van der Waals surface area contributed by atoms with Crippen molar-refractivity contribution in [3.8, 4) is 0 Å². The average Bonchev–Trinajstić information content (AvgIpc) is 3.21. The Morgan fingerprint density at radius 2 is 1.80 bits per heavy atom. The molecule has 5 rings (SSSR count). The number of piperidine rings is 1. The van der Waals surface area contributed by atoms with Crippen molar-refractivity contribution >= 4 is 29.2 Å². The Hall–Kier alpha value is -3.56. The lowest BCUT2D eigenvalue weighted by Gasteiger charge is -2.33. The Labute approximate surface area is 204 Å². The summed E-state index contributed by atoms with van der Waals surface area (Å²) in [7, 11) is 1.76. The average molecular weight is 480 g/mol. The van der Waals surface area contributed by atoms with Crippen LogP contribution in [0.2, 0.25) is 0 Å². The summed E-state index contributed by atoms with van der Waals surface area (Å²) in [6.45, 7) is 1.72. The number of benzene rings is 1. The zero-order chi connectivity index (χ0) is 24.4. The van der Waals surface area contributed by atoms with Crippen molar-refractivity contribution in [3.05, 3.63) is 46.2 Å². The fraction of sp³-hybridized carbons (Fsp3) is 0.520. The highest BCUT2D eigenvalue weighted by Crippen LogP contribution is 2.26. The van der Waals surface area contributed by atoms with Gasteiger partial charge in [-0.05, 0) is 31.2 Å². The number of carbonyl (C=O) groups is 1. The van der Waals surface area contributed by atoms with Gasteiger partial charge in [-0.1, -0.05) is 49.6 Å². The minimum absolute atomic E-state index is 0.139. The maximum atomic E-state index is 13.6. The normalized spacial score (nSPS) is 19.1. The lowest BCUT2D eigenvalue weighted by atomic mass is 9.96. The first-order chi connectivity index (χ1) is 17.0. The van der Waals surface area contributed by atoms with E-state index in [0.29, 0.717) is 42.2 Å². The maximum absolute atomic E-state index is 13.6. The molecule has 0 radical (unpaired) electrons. The molecule has 2 aliphatic rings. The van der Waals surface area contributed by atoms with Crippen LogP contribution in [0.15, 0.2) is 35.1 Å². The van der Waals surface area contributed by atoms with E-state index in [0.717, 1.165) is 37.8 Å². The highest BCUT2D eigenvalue weighted by molar-refractivity contribution is 5.76. The molecule has 0 bridgehead atoms. The number of aromatic nitrogens is 4. The van der Waals surface area contributed by atoms with Crippen molar-refractivity contribution in [2.24, 2.45) is 7.05 Å². The predicted molar refractivity (Wildman–Crippen MR) is 135 cm³/mol. The Balaban J connectivity index is 1.56. The molecule has 2 aromatic heterocycles. The number of nitrogens with zero attached hydrogens (tertiary/aromatic N) is 5. The molecular weight excluding hydrogens is 446 g/mol. The number of rotatable bonds is 6. The van der Waals surface area contributed by atoms with Crippen LogP contribution in [-0.2, 0) is 13.6 Å². The molecule has 1 saturated carbocycles. The summed E-state index contributed by atoms with van der Waals surface area (Å²) < 4.78 is 3.53. The van der Waals surface area contributed by atoms with Gasteiger partial charge in [0.2, 0.25) is 11.9 Å². The first kappa shape index (κ1) is 23.2. The van der Waals surface area contributed by atoms with Gasteiger partial charge in [-0.15, -0.1) is 0 Å². The lowest BCUT2D eigenvalue weighted by Crippen LogP contribution is -2.48. The molecule has 10 heteroatoms. The molecule has 2 fully saturated rings. The van der Waals surface area contributed by atoms with E-state index in [1.807, 2.05) is 34.9 Å². The lowest BCUT2D eigenvalue weighted by molar-refractivity contribution is 0.188. The molecule has 1 aliphatic heterocycles. The summed E-state index contributed by atoms with van der Waals surface area (Å²) in [5.41, 5.74) is 1.80. The number of imidazole rings is 1. The molecule has 186 valence electrons. The zero-order valence-electron chi connectivity index (χ0n) is 20.1. The van der Waals surface area contributed by atoms with E-state index >= 15 is 0 Å². The van der Waals surface area contributed by atoms with Gasteiger partial charge in [-0.2, -0.15) is 9.97 Å². The zero-order valence-corrected chi connectivity index (χ0v) is 20.1. The fourth-order valence-corrected chi connectivity index (χ4v) is 5.32. The Morgan fingerprint density at radius 1 is 1.06 bits per heavy atom. The van der Waals surface area contributed by atoms with Gasteiger partial charge in [-0.25, -0.2) is 4.79 Å². The smallest absolute Gasteiger partial charge is 0.404 e. The Morgan fingerprint density at radius 3 is 2.54 bits per heavy atom. The van der Waals surface area contributed by atoms with Crippen LogP contribution in [0.1, 0.15) is 50.5 Å². The first-order valence-corrected chi connectivity index (χ1v) is 12.5. The third-order valence-corrected chi connectivity index (χ3v) is 7.12. The van der Waals surface area contributed by atoms with Crippen molar-refractivity contribution < 1.29 is 9.90 Å². The minimum atomic E-state index is -1.02. The van der Waals surface area contributed by atoms with Crippen molar-refractivity contribution in [1.29, 1.82) is 0 Å². The summed E-state index contributed by atoms with van der Waals surface area (Å²) in [5, 5.41) is 15.3. The number of nitrogens with one attached hydrogen (secondary N) is 2. The molecule has 1 aromatic carbocycles. The van der Waals surface area contributed by atoms with Gasteiger partial charge in [0, 0.05) is 32.2 Å². The highest BCUT2D eigenvalue weighted by atomic mass is 16.4. The van der Waals surface area contributed by atoms with Crippen LogP contribution in [0, 0.1) is 0 Å². The molecule has 1 atom stereocenters. The van der Waals surface area contributed by atoms with E-state index in [9.17, 15) is 14.7 Å². The molecule has 3 N–H and O–H groups in total. The molecule has 3 heterocycles. The monoisotopic (exact) mass is 479 g/mol. The standard InChI is InChI=1S/C25H33N7O3/c1-30-22(33)20-21(28-23(30)26-18-11-6-3-7-12-18)29-24(32(20)15-17-9-4-2-5-10-17)31-14-8-13-19(16-31)27-25(34)35/h2,4-5,9-10,18-19,27H,3,6-8,11-16H2,1H3,(H,26,28)(H,34,35). The number of anilines is 2. The van der Waals surface area contributed by atoms with E-state index in [1.165, 1.54) is 19.3 Å². The van der Waals surface area contributed by atoms with E-state index in [2.05, 4.69) is 15.5 Å². The topological polar surface area (TPSA) is 117 Å². The number of amides is 1. The third-order valence-electron chi connectivity index (χ3n) is 7.12. The van der Waals surface area contributed by atoms with Crippen LogP contribution in [0.5, 0.6) is 0 Å². The molecule has 0 spiro atoms. The molecule has 35 heavy (non-hydrogen) atoms. The number of fused-ring (bicyclic) bond motifs is 1. The number of hydrogen-bond acceptors (Lipinski definition) is 6. The summed E-state index contributed by atoms with van der Waals surface area (Å²) in [6.07, 6.45) is 6.36. The van der Waals surface area contributed by atoms with E-state index in [4.69, 9.17) is 9.97 Å². The van der Waals surface area contributed by atoms with Crippen LogP contribution >= 0.6 is 0 Å². The van der Waals surface area contributed by atoms with Crippen molar-refractivity contribution in [3.63, 3.8) is 0 Å². The first-order valence-electron chi connectivity index (χ1n) is 12.5. The largest absolute Gasteiger partial charge is 0.465 e. The van der Waals surface area contributed by atoms with Crippen molar-refractivity contribution in [2.45, 2.75) is 63.6 Å². The Bertz CT molecular complexity index is 1250. The molecule has 3 aromatic rings. The van der Waals surface area contributed by atoms with E-state index < -0.39 is 6.09 Å². The predicted octanol–water partition coefficient (Wildman–Crippen LogP) is 3.16. The van der Waals surface area contributed by atoms with Gasteiger partial charge in [0.05, 0.1) is 6.54 Å². The van der Waals surface area contributed by atoms with E-state index in [1.54, 1.807) is 11.6 Å². The molecular formula is C25H33N7O3. The SMILES string of the molecule is Cn1c(NC2CCCCC2)nc2nc(N3CCCC(NC(=O)O)C3)n(Cc3ccccc3)c2c1=O. The second kappa shape index (κ2) is 9.97. The van der Waals surface area contributed by atoms with Gasteiger partial charge in [-0.3, -0.25) is 13.9 Å². The van der Waals surface area contributed by atoms with Gasteiger partial charge < -0.3 is 20.6 Å². The molecule has 1 unspecified atom stereocenters. The highest BCUT2D eigenvalue weighted by Gasteiger charge is 2.28. The van der Waals surface area contributed by atoms with E-state index in [-0.39, 0.29) is 11.6 Å². The van der Waals surface area contributed by atoms with Gasteiger partial charge in [0.15, 0.2) is 11.2 Å². The molecule has 10 nitrogen and oxygen atoms in total. The second-order valence-electron chi connectivity index (χ2n) is 9.67. The van der Waals surface area contributed by atoms with Crippen LogP contribution in [0.4, 0.5) is 16.7 Å². The number of hydrogen-bond donors (Lipinski definition) is 3. The van der Waals surface area contributed by atoms with Gasteiger partial charge >= 0.3 is 6.09 Å². The van der Waals surface area contributed by atoms with Crippen molar-refractivity contribution in [2.75, 3.05) is 23.3 Å². The minimum Gasteiger partial charge on any atom is -0.465 e. The van der Waals surface area contributed by atoms with Gasteiger partial charge in [0.1, 0.15) is 0 Å². The van der Waals surface area contributed by atoms with Gasteiger partial charge in [0.25, 0.3) is 5.56 Å². The van der Waals surface area contributed by atoms with Crippen LogP contribution in [-0.4, -0.2) is 55.5 Å². The summed E-state index contributed by atoms with van der Waals surface area (Å²) >= 11 is 0. The quantitative estimate of drug-likeness (QED) is 0.497. The van der Waals surface area contributed by atoms with Crippen LogP contribution in [0.25, 0.3) is 11.2 Å². The molecule has 1 amide bonds. The summed E-state index contributed by atoms with van der Waals surface area (Å²) in [6, 6.07) is 10.1. The molecule has 1 saturated heterocycles. The second-order valence-corrected chi connectivity index (χ2v) is 9.67. The fourth-order valence-electron chi connectivity index (χ4n) is 5.32.